The Bertz CT molecular complexity index is 972. The van der Waals surface area contributed by atoms with Gasteiger partial charge < -0.3 is 14.5 Å². The molecule has 1 aromatic heterocycles. The van der Waals surface area contributed by atoms with Crippen LogP contribution in [-0.4, -0.2) is 44.2 Å². The van der Waals surface area contributed by atoms with Crippen LogP contribution in [0.15, 0.2) is 52.9 Å². The first-order valence-electron chi connectivity index (χ1n) is 10.3. The molecule has 0 amide bonds. The second-order valence-corrected chi connectivity index (χ2v) is 7.71. The molecule has 0 atom stereocenters. The van der Waals surface area contributed by atoms with Crippen molar-refractivity contribution in [3.8, 4) is 5.75 Å². The monoisotopic (exact) mass is 410 g/mol. The molecule has 1 aliphatic heterocycles. The molecular weight excluding hydrogens is 384 g/mol. The number of allylic oxidation sites excluding steroid dienone is 1. The first kappa shape index (κ1) is 20.0. The Kier molecular flexibility index (Phi) is 6.55. The van der Waals surface area contributed by atoms with E-state index in [-0.39, 0.29) is 0 Å². The highest BCUT2D eigenvalue weighted by molar-refractivity contribution is 6.29. The zero-order chi connectivity index (χ0) is 20.1. The highest BCUT2D eigenvalue weighted by Gasteiger charge is 2.09. The summed E-state index contributed by atoms with van der Waals surface area (Å²) >= 11 is 5.98. The average molecular weight is 411 g/mol. The van der Waals surface area contributed by atoms with Crippen molar-refractivity contribution in [1.29, 1.82) is 0 Å². The van der Waals surface area contributed by atoms with Crippen LogP contribution in [0.4, 0.5) is 0 Å². The number of nitrogens with one attached hydrogen (secondary N) is 1. The molecule has 0 radical (unpaired) electrons. The molecule has 0 saturated carbocycles. The van der Waals surface area contributed by atoms with Crippen molar-refractivity contribution < 1.29 is 9.15 Å². The number of benzene rings is 2. The van der Waals surface area contributed by atoms with Gasteiger partial charge in [0.25, 0.3) is 0 Å². The zero-order valence-electron chi connectivity index (χ0n) is 16.8. The van der Waals surface area contributed by atoms with E-state index in [4.69, 9.17) is 20.8 Å². The normalized spacial score (nSPS) is 15.7. The third-order valence-electron chi connectivity index (χ3n) is 5.34. The molecule has 1 aliphatic rings. The summed E-state index contributed by atoms with van der Waals surface area (Å²) < 4.78 is 11.4. The Labute approximate surface area is 177 Å². The Hall–Kier alpha value is -2.27. The van der Waals surface area contributed by atoms with E-state index in [0.29, 0.717) is 5.22 Å². The first-order valence-corrected chi connectivity index (χ1v) is 10.6. The molecule has 5 heteroatoms. The molecule has 2 aromatic carbocycles. The van der Waals surface area contributed by atoms with Gasteiger partial charge in [-0.1, -0.05) is 31.2 Å². The number of furan rings is 1. The van der Waals surface area contributed by atoms with Crippen LogP contribution < -0.4 is 10.1 Å². The minimum Gasteiger partial charge on any atom is -0.492 e. The zero-order valence-corrected chi connectivity index (χ0v) is 17.5. The molecule has 1 saturated heterocycles. The number of piperazine rings is 1. The fraction of sp³-hybridized carbons (Fsp3) is 0.333. The molecule has 1 N–H and O–H groups in total. The van der Waals surface area contributed by atoms with E-state index in [0.717, 1.165) is 62.5 Å². The molecule has 0 bridgehead atoms. The van der Waals surface area contributed by atoms with E-state index in [1.54, 1.807) is 0 Å². The van der Waals surface area contributed by atoms with Gasteiger partial charge in [-0.2, -0.15) is 0 Å². The van der Waals surface area contributed by atoms with Crippen LogP contribution >= 0.6 is 11.6 Å². The van der Waals surface area contributed by atoms with Crippen LogP contribution in [-0.2, 0) is 0 Å². The number of hydrogen-bond donors (Lipinski definition) is 1. The van der Waals surface area contributed by atoms with Gasteiger partial charge in [-0.25, -0.2) is 0 Å². The molecule has 4 nitrogen and oxygen atoms in total. The van der Waals surface area contributed by atoms with Crippen LogP contribution in [0, 0.1) is 0 Å². The lowest BCUT2D eigenvalue weighted by Gasteiger charge is -2.26. The molecule has 29 heavy (non-hydrogen) atoms. The Morgan fingerprint density at radius 2 is 1.93 bits per heavy atom. The summed E-state index contributed by atoms with van der Waals surface area (Å²) in [4.78, 5) is 2.44. The lowest BCUT2D eigenvalue weighted by atomic mass is 9.99. The minimum atomic E-state index is 0.423. The van der Waals surface area contributed by atoms with E-state index in [1.807, 2.05) is 12.1 Å². The van der Waals surface area contributed by atoms with Crippen LogP contribution in [0.25, 0.3) is 22.6 Å². The quantitative estimate of drug-likeness (QED) is 0.535. The summed E-state index contributed by atoms with van der Waals surface area (Å²) in [5.74, 6) is 0.921. The molecule has 152 valence electrons. The fourth-order valence-electron chi connectivity index (χ4n) is 3.69. The molecule has 1 fully saturated rings. The maximum Gasteiger partial charge on any atom is 0.194 e. The second kappa shape index (κ2) is 9.49. The fourth-order valence-corrected chi connectivity index (χ4v) is 3.89. The number of hydrogen-bond acceptors (Lipinski definition) is 4. The average Bonchev–Trinajstić information content (AvgIpc) is 3.13. The van der Waals surface area contributed by atoms with Crippen molar-refractivity contribution in [2.75, 3.05) is 39.3 Å². The van der Waals surface area contributed by atoms with Gasteiger partial charge >= 0.3 is 0 Å². The van der Waals surface area contributed by atoms with Gasteiger partial charge in [-0.3, -0.25) is 4.90 Å². The topological polar surface area (TPSA) is 37.6 Å². The summed E-state index contributed by atoms with van der Waals surface area (Å²) in [5.41, 5.74) is 4.45. The highest BCUT2D eigenvalue weighted by Crippen LogP contribution is 2.29. The van der Waals surface area contributed by atoms with E-state index in [1.165, 1.54) is 16.7 Å². The van der Waals surface area contributed by atoms with Gasteiger partial charge in [0.15, 0.2) is 5.22 Å². The molecular formula is C24H27ClN2O2. The SMILES string of the molecule is CCC(=Cc1ccc(OCCN2CCNCC2)cc1)c1ccc2oc(Cl)cc2c1. The predicted molar refractivity (Wildman–Crippen MR) is 121 cm³/mol. The van der Waals surface area contributed by atoms with Crippen LogP contribution in [0.3, 0.4) is 0 Å². The Morgan fingerprint density at radius 1 is 1.14 bits per heavy atom. The van der Waals surface area contributed by atoms with Gasteiger partial charge in [0.2, 0.25) is 0 Å². The molecule has 3 aromatic rings. The van der Waals surface area contributed by atoms with Crippen LogP contribution in [0.5, 0.6) is 5.75 Å². The summed E-state index contributed by atoms with van der Waals surface area (Å²) in [6.45, 7) is 8.22. The Balaban J connectivity index is 1.40. The molecule has 2 heterocycles. The first-order chi connectivity index (χ1) is 14.2. The van der Waals surface area contributed by atoms with Gasteiger partial charge in [0.05, 0.1) is 0 Å². The van der Waals surface area contributed by atoms with Crippen molar-refractivity contribution in [1.82, 2.24) is 10.2 Å². The van der Waals surface area contributed by atoms with Crippen molar-refractivity contribution in [3.63, 3.8) is 0 Å². The largest absolute Gasteiger partial charge is 0.492 e. The molecule has 0 aliphatic carbocycles. The minimum absolute atomic E-state index is 0.423. The van der Waals surface area contributed by atoms with E-state index < -0.39 is 0 Å². The Morgan fingerprint density at radius 3 is 2.69 bits per heavy atom. The number of fused-ring (bicyclic) bond motifs is 1. The maximum absolute atomic E-state index is 5.98. The third kappa shape index (κ3) is 5.21. The van der Waals surface area contributed by atoms with Gasteiger partial charge in [0.1, 0.15) is 17.9 Å². The van der Waals surface area contributed by atoms with Crippen molar-refractivity contribution in [3.05, 3.63) is 64.9 Å². The number of halogens is 1. The van der Waals surface area contributed by atoms with Crippen molar-refractivity contribution in [2.45, 2.75) is 13.3 Å². The smallest absolute Gasteiger partial charge is 0.194 e. The van der Waals surface area contributed by atoms with E-state index >= 15 is 0 Å². The van der Waals surface area contributed by atoms with E-state index in [9.17, 15) is 0 Å². The molecule has 0 spiro atoms. The lowest BCUT2D eigenvalue weighted by molar-refractivity contribution is 0.191. The third-order valence-corrected chi connectivity index (χ3v) is 5.53. The van der Waals surface area contributed by atoms with Crippen molar-refractivity contribution >= 4 is 34.2 Å². The summed E-state index contributed by atoms with van der Waals surface area (Å²) in [6.07, 6.45) is 3.17. The van der Waals surface area contributed by atoms with Crippen LogP contribution in [0.2, 0.25) is 5.22 Å². The number of rotatable bonds is 7. The van der Waals surface area contributed by atoms with E-state index in [2.05, 4.69) is 59.6 Å². The van der Waals surface area contributed by atoms with Crippen LogP contribution in [0.1, 0.15) is 24.5 Å². The standard InChI is InChI=1S/C24H27ClN2O2/c1-2-19(20-5-8-23-21(16-20)17-24(25)29-23)15-18-3-6-22(7-4-18)28-14-13-27-11-9-26-10-12-27/h3-8,15-17,26H,2,9-14H2,1H3. The molecule has 0 unspecified atom stereocenters. The summed E-state index contributed by atoms with van der Waals surface area (Å²) in [6, 6.07) is 16.4. The van der Waals surface area contributed by atoms with Gasteiger partial charge in [-0.15, -0.1) is 0 Å². The second-order valence-electron chi connectivity index (χ2n) is 7.34. The highest BCUT2D eigenvalue weighted by atomic mass is 35.5. The molecule has 4 rings (SSSR count). The van der Waals surface area contributed by atoms with Crippen molar-refractivity contribution in [2.24, 2.45) is 0 Å². The number of nitrogens with zero attached hydrogens (tertiary/aromatic N) is 1. The van der Waals surface area contributed by atoms with Gasteiger partial charge in [-0.05, 0) is 59.0 Å². The lowest BCUT2D eigenvalue weighted by Crippen LogP contribution is -2.44. The number of ether oxygens (including phenoxy) is 1. The maximum atomic E-state index is 5.98. The summed E-state index contributed by atoms with van der Waals surface area (Å²) in [5, 5.41) is 4.82. The predicted octanol–water partition coefficient (Wildman–Crippen LogP) is 5.32. The summed E-state index contributed by atoms with van der Waals surface area (Å²) in [7, 11) is 0. The van der Waals surface area contributed by atoms with Gasteiger partial charge in [0, 0.05) is 44.2 Å².